The first-order valence-electron chi connectivity index (χ1n) is 14.2. The fourth-order valence-corrected chi connectivity index (χ4v) is 9.49. The summed E-state index contributed by atoms with van der Waals surface area (Å²) in [5.74, 6) is 2.19. The number of hydrogen-bond donors (Lipinski definition) is 2. The quantitative estimate of drug-likeness (QED) is 0.485. The predicted molar refractivity (Wildman–Crippen MR) is 149 cm³/mol. The summed E-state index contributed by atoms with van der Waals surface area (Å²) in [7, 11) is 0. The van der Waals surface area contributed by atoms with Crippen molar-refractivity contribution in [3.63, 3.8) is 0 Å². The van der Waals surface area contributed by atoms with E-state index in [9.17, 15) is 9.59 Å². The van der Waals surface area contributed by atoms with Crippen LogP contribution in [-0.2, 0) is 16.0 Å². The number of thiophene rings is 1. The van der Waals surface area contributed by atoms with Gasteiger partial charge in [0.25, 0.3) is 0 Å². The van der Waals surface area contributed by atoms with Gasteiger partial charge < -0.3 is 10.6 Å². The minimum absolute atomic E-state index is 0.0135. The Morgan fingerprint density at radius 3 is 2.65 bits per heavy atom. The lowest BCUT2D eigenvalue weighted by Gasteiger charge is -2.58. The molecule has 37 heavy (non-hydrogen) atoms. The first-order chi connectivity index (χ1) is 17.8. The Labute approximate surface area is 225 Å². The summed E-state index contributed by atoms with van der Waals surface area (Å²) in [4.78, 5) is 27.2. The number of carbonyl (C=O) groups excluding carboxylic acids is 2. The lowest BCUT2D eigenvalue weighted by molar-refractivity contribution is -0.134. The molecule has 3 unspecified atom stereocenters. The highest BCUT2D eigenvalue weighted by Gasteiger charge is 2.60. The third-order valence-electron chi connectivity index (χ3n) is 10.8. The Balaban J connectivity index is 1.20. The molecular weight excluding hydrogens is 476 g/mol. The summed E-state index contributed by atoms with van der Waals surface area (Å²) in [6, 6.07) is 13.2. The molecule has 0 bridgehead atoms. The van der Waals surface area contributed by atoms with E-state index < -0.39 is 0 Å². The molecule has 1 aliphatic heterocycles. The summed E-state index contributed by atoms with van der Waals surface area (Å²) in [6.45, 7) is 6.89. The molecule has 0 radical (unpaired) electrons. The molecule has 196 valence electrons. The Bertz CT molecular complexity index is 1190. The van der Waals surface area contributed by atoms with E-state index >= 15 is 0 Å². The van der Waals surface area contributed by atoms with Crippen molar-refractivity contribution in [3.8, 4) is 0 Å². The van der Waals surface area contributed by atoms with E-state index in [1.807, 2.05) is 0 Å². The Kier molecular flexibility index (Phi) is 6.34. The van der Waals surface area contributed by atoms with Gasteiger partial charge in [-0.05, 0) is 98.1 Å². The molecule has 2 aromatic rings. The molecule has 3 aliphatic carbocycles. The maximum absolute atomic E-state index is 14.0. The van der Waals surface area contributed by atoms with Gasteiger partial charge in [-0.1, -0.05) is 55.8 Å². The van der Waals surface area contributed by atoms with Crippen LogP contribution in [-0.4, -0.2) is 17.9 Å². The monoisotopic (exact) mass is 516 g/mol. The number of carbonyl (C=O) groups is 2. The fourth-order valence-electron chi connectivity index (χ4n) is 8.71. The van der Waals surface area contributed by atoms with Crippen LogP contribution in [0.15, 0.2) is 53.9 Å². The summed E-state index contributed by atoms with van der Waals surface area (Å²) in [5, 5.41) is 8.89. The van der Waals surface area contributed by atoms with Crippen molar-refractivity contribution in [1.29, 1.82) is 0 Å². The average molecular weight is 517 g/mol. The Hall–Kier alpha value is -2.40. The van der Waals surface area contributed by atoms with Crippen molar-refractivity contribution in [3.05, 3.63) is 69.9 Å². The number of amides is 2. The van der Waals surface area contributed by atoms with Crippen LogP contribution in [0.4, 0.5) is 0 Å². The van der Waals surface area contributed by atoms with Gasteiger partial charge in [-0.2, -0.15) is 0 Å². The molecule has 2 N–H and O–H groups in total. The van der Waals surface area contributed by atoms with Crippen molar-refractivity contribution in [2.45, 2.75) is 77.8 Å². The molecule has 1 aromatic carbocycles. The van der Waals surface area contributed by atoms with Crippen molar-refractivity contribution in [2.24, 2.45) is 34.5 Å². The molecule has 8 atom stereocenters. The van der Waals surface area contributed by atoms with Crippen molar-refractivity contribution in [1.82, 2.24) is 10.6 Å². The molecule has 2 heterocycles. The SMILES string of the molecule is Cc1ccc(CC(NC(=O)C2CC[C@H]3[C@@H]4CCC5NC(=O)C=C[C@]5(C)[C@@H]4CC[C@]23C)c2cccs2)cc1. The van der Waals surface area contributed by atoms with Gasteiger partial charge in [0.15, 0.2) is 0 Å². The highest BCUT2D eigenvalue weighted by molar-refractivity contribution is 7.10. The predicted octanol–water partition coefficient (Wildman–Crippen LogP) is 6.37. The molecule has 5 heteroatoms. The van der Waals surface area contributed by atoms with Gasteiger partial charge in [0.1, 0.15) is 0 Å². The molecule has 4 aliphatic rings. The number of nitrogens with one attached hydrogen (secondary N) is 2. The van der Waals surface area contributed by atoms with Crippen LogP contribution >= 0.6 is 11.3 Å². The van der Waals surface area contributed by atoms with Crippen LogP contribution in [0.25, 0.3) is 0 Å². The second kappa shape index (κ2) is 9.41. The van der Waals surface area contributed by atoms with E-state index in [-0.39, 0.29) is 40.6 Å². The molecule has 1 aromatic heterocycles. The molecule has 4 nitrogen and oxygen atoms in total. The molecule has 6 rings (SSSR count). The van der Waals surface area contributed by atoms with Gasteiger partial charge in [-0.25, -0.2) is 0 Å². The van der Waals surface area contributed by atoms with Gasteiger partial charge in [-0.3, -0.25) is 9.59 Å². The maximum atomic E-state index is 14.0. The molecule has 0 spiro atoms. The minimum Gasteiger partial charge on any atom is -0.349 e. The summed E-state index contributed by atoms with van der Waals surface area (Å²) >= 11 is 1.73. The van der Waals surface area contributed by atoms with E-state index in [0.717, 1.165) is 38.5 Å². The molecule has 0 saturated heterocycles. The zero-order chi connectivity index (χ0) is 25.8. The number of rotatable bonds is 5. The maximum Gasteiger partial charge on any atom is 0.243 e. The third kappa shape index (κ3) is 4.27. The molecule has 3 fully saturated rings. The molecule has 2 amide bonds. The van der Waals surface area contributed by atoms with Crippen molar-refractivity contribution >= 4 is 23.2 Å². The van der Waals surface area contributed by atoms with E-state index in [0.29, 0.717) is 17.8 Å². The van der Waals surface area contributed by atoms with Crippen molar-refractivity contribution < 1.29 is 9.59 Å². The standard InChI is InChI=1S/C32H40N2O2S/c1-20-6-8-21(9-7-20)19-26(27-5-4-18-37-27)33-30(36)25-12-11-23-22-10-13-28-32(3,17-15-29(35)34-28)24(22)14-16-31(23,25)2/h4-9,15,17-18,22-26,28H,10-14,16,19H2,1-3H3,(H,33,36)(H,34,35)/t22-,23-,24+,25?,26?,28?,31-,32+/m0/s1. The van der Waals surface area contributed by atoms with Gasteiger partial charge in [-0.15, -0.1) is 11.3 Å². The van der Waals surface area contributed by atoms with Crippen LogP contribution in [0.2, 0.25) is 0 Å². The normalized spacial score (nSPS) is 37.2. The van der Waals surface area contributed by atoms with Gasteiger partial charge >= 0.3 is 0 Å². The lowest BCUT2D eigenvalue weighted by atomic mass is 9.48. The van der Waals surface area contributed by atoms with Crippen LogP contribution in [0.5, 0.6) is 0 Å². The smallest absolute Gasteiger partial charge is 0.243 e. The van der Waals surface area contributed by atoms with E-state index in [4.69, 9.17) is 0 Å². The summed E-state index contributed by atoms with van der Waals surface area (Å²) in [5.41, 5.74) is 2.62. The van der Waals surface area contributed by atoms with Gasteiger partial charge in [0, 0.05) is 22.3 Å². The average Bonchev–Trinajstić information content (AvgIpc) is 3.53. The first kappa shape index (κ1) is 24.9. The molecule has 3 saturated carbocycles. The summed E-state index contributed by atoms with van der Waals surface area (Å²) in [6.07, 6.45) is 11.4. The minimum atomic E-state index is 0.0135. The summed E-state index contributed by atoms with van der Waals surface area (Å²) < 4.78 is 0. The van der Waals surface area contributed by atoms with Gasteiger partial charge in [0.2, 0.25) is 11.8 Å². The number of aryl methyl sites for hydroxylation is 1. The molecular formula is C32H40N2O2S. The van der Waals surface area contributed by atoms with E-state index in [2.05, 4.69) is 79.3 Å². The zero-order valence-corrected chi connectivity index (χ0v) is 23.2. The first-order valence-corrected chi connectivity index (χ1v) is 15.0. The van der Waals surface area contributed by atoms with Crippen molar-refractivity contribution in [2.75, 3.05) is 0 Å². The largest absolute Gasteiger partial charge is 0.349 e. The Morgan fingerprint density at radius 1 is 1.08 bits per heavy atom. The fraction of sp³-hybridized carbons (Fsp3) is 0.562. The van der Waals surface area contributed by atoms with Gasteiger partial charge in [0.05, 0.1) is 6.04 Å². The Morgan fingerprint density at radius 2 is 1.89 bits per heavy atom. The lowest BCUT2D eigenvalue weighted by Crippen LogP contribution is -2.59. The van der Waals surface area contributed by atoms with Crippen LogP contribution in [0, 0.1) is 41.4 Å². The highest BCUT2D eigenvalue weighted by atomic mass is 32.1. The second-order valence-corrected chi connectivity index (χ2v) is 13.6. The topological polar surface area (TPSA) is 58.2 Å². The second-order valence-electron chi connectivity index (χ2n) is 12.7. The van der Waals surface area contributed by atoms with E-state index in [1.54, 1.807) is 17.4 Å². The number of hydrogen-bond acceptors (Lipinski definition) is 3. The zero-order valence-electron chi connectivity index (χ0n) is 22.3. The van der Waals surface area contributed by atoms with E-state index in [1.165, 1.54) is 22.4 Å². The van der Waals surface area contributed by atoms with Crippen LogP contribution in [0.1, 0.15) is 74.4 Å². The number of fused-ring (bicyclic) bond motifs is 5. The third-order valence-corrected chi connectivity index (χ3v) is 11.8. The van der Waals surface area contributed by atoms with Crippen LogP contribution < -0.4 is 10.6 Å². The van der Waals surface area contributed by atoms with Crippen LogP contribution in [0.3, 0.4) is 0 Å². The highest BCUT2D eigenvalue weighted by Crippen LogP contribution is 2.65. The number of benzene rings is 1.